The number of hydrogen-bond acceptors (Lipinski definition) is 2. The zero-order valence-corrected chi connectivity index (χ0v) is 8.89. The highest BCUT2D eigenvalue weighted by atomic mass is 35.5. The predicted molar refractivity (Wildman–Crippen MR) is 51.4 cm³/mol. The molecule has 16 heavy (non-hydrogen) atoms. The van der Waals surface area contributed by atoms with Crippen LogP contribution in [0.15, 0.2) is 17.1 Å². The Labute approximate surface area is 93.4 Å². The molecule has 0 unspecified atom stereocenters. The zero-order chi connectivity index (χ0) is 12.5. The molecule has 0 saturated heterocycles. The monoisotopic (exact) mass is 253 g/mol. The maximum Gasteiger partial charge on any atom is 0.417 e. The van der Waals surface area contributed by atoms with Gasteiger partial charge in [0.1, 0.15) is 10.8 Å². The molecule has 1 rings (SSSR count). The van der Waals surface area contributed by atoms with Crippen LogP contribution in [-0.2, 0) is 17.5 Å². The van der Waals surface area contributed by atoms with Crippen LogP contribution in [0.5, 0.6) is 0 Å². The highest BCUT2D eigenvalue weighted by Gasteiger charge is 2.32. The number of nitrogens with zero attached hydrogens (tertiary/aromatic N) is 1. The highest BCUT2D eigenvalue weighted by Crippen LogP contribution is 2.29. The van der Waals surface area contributed by atoms with Gasteiger partial charge in [-0.3, -0.25) is 9.59 Å². The minimum atomic E-state index is -4.60. The van der Waals surface area contributed by atoms with E-state index in [1.54, 1.807) is 0 Å². The van der Waals surface area contributed by atoms with E-state index in [1.807, 2.05) is 0 Å². The zero-order valence-electron chi connectivity index (χ0n) is 8.14. The molecule has 0 amide bonds. The number of pyridine rings is 1. The summed E-state index contributed by atoms with van der Waals surface area (Å²) in [5.74, 6) is -0.433. The normalized spacial score (nSPS) is 11.6. The molecule has 0 bridgehead atoms. The van der Waals surface area contributed by atoms with E-state index in [2.05, 4.69) is 0 Å². The maximum absolute atomic E-state index is 12.4. The Kier molecular flexibility index (Phi) is 3.42. The molecule has 7 heteroatoms. The van der Waals surface area contributed by atoms with E-state index >= 15 is 0 Å². The lowest BCUT2D eigenvalue weighted by Gasteiger charge is -2.10. The Morgan fingerprint density at radius 3 is 2.50 bits per heavy atom. The first kappa shape index (κ1) is 12.8. The van der Waals surface area contributed by atoms with E-state index in [-0.39, 0.29) is 0 Å². The van der Waals surface area contributed by atoms with Crippen LogP contribution < -0.4 is 5.56 Å². The van der Waals surface area contributed by atoms with Crippen LogP contribution >= 0.6 is 11.6 Å². The molecule has 3 nitrogen and oxygen atoms in total. The first-order chi connectivity index (χ1) is 7.21. The van der Waals surface area contributed by atoms with Crippen LogP contribution in [0.4, 0.5) is 13.2 Å². The van der Waals surface area contributed by atoms with Gasteiger partial charge in [0.05, 0.1) is 12.1 Å². The average molecular weight is 254 g/mol. The third-order valence-electron chi connectivity index (χ3n) is 1.76. The lowest BCUT2D eigenvalue weighted by molar-refractivity contribution is -0.138. The van der Waals surface area contributed by atoms with Crippen molar-refractivity contribution in [1.82, 2.24) is 4.57 Å². The molecule has 0 spiro atoms. The number of ketones is 1. The minimum Gasteiger partial charge on any atom is -0.306 e. The summed E-state index contributed by atoms with van der Waals surface area (Å²) in [4.78, 5) is 22.0. The fourth-order valence-electron chi connectivity index (χ4n) is 1.11. The van der Waals surface area contributed by atoms with Crippen molar-refractivity contribution in [3.05, 3.63) is 33.2 Å². The molecule has 0 N–H and O–H groups in total. The van der Waals surface area contributed by atoms with Crippen LogP contribution in [0.1, 0.15) is 12.5 Å². The van der Waals surface area contributed by atoms with Crippen LogP contribution in [0.2, 0.25) is 5.02 Å². The van der Waals surface area contributed by atoms with Crippen molar-refractivity contribution >= 4 is 17.4 Å². The van der Waals surface area contributed by atoms with Crippen molar-refractivity contribution in [2.45, 2.75) is 19.6 Å². The fourth-order valence-corrected chi connectivity index (χ4v) is 1.34. The number of carbonyl (C=O) groups excluding carboxylic acids is 1. The number of Topliss-reactive ketones (excluding diaryl/α,β-unsaturated/α-hetero) is 1. The minimum absolute atomic E-state index is 0.428. The van der Waals surface area contributed by atoms with Crippen LogP contribution in [0, 0.1) is 0 Å². The van der Waals surface area contributed by atoms with Gasteiger partial charge < -0.3 is 4.57 Å². The van der Waals surface area contributed by atoms with E-state index in [0.29, 0.717) is 16.8 Å². The molecular weight excluding hydrogens is 247 g/mol. The molecule has 0 aliphatic heterocycles. The Balaban J connectivity index is 3.33. The molecule has 0 atom stereocenters. The lowest BCUT2D eigenvalue weighted by Crippen LogP contribution is -2.25. The van der Waals surface area contributed by atoms with Gasteiger partial charge in [0.2, 0.25) is 0 Å². The molecule has 0 aliphatic carbocycles. The van der Waals surface area contributed by atoms with Gasteiger partial charge in [0, 0.05) is 6.20 Å². The van der Waals surface area contributed by atoms with Crippen molar-refractivity contribution in [2.24, 2.45) is 0 Å². The number of carbonyl (C=O) groups is 1. The summed E-state index contributed by atoms with van der Waals surface area (Å²) in [6, 6.07) is 0.542. The first-order valence-electron chi connectivity index (χ1n) is 4.18. The standard InChI is InChI=1S/C9H7ClF3NO2/c1-5(15)3-14-4-6(9(11,12)13)2-7(10)8(14)16/h2,4H,3H2,1H3. The van der Waals surface area contributed by atoms with E-state index in [0.717, 1.165) is 0 Å². The highest BCUT2D eigenvalue weighted by molar-refractivity contribution is 6.30. The second kappa shape index (κ2) is 4.29. The van der Waals surface area contributed by atoms with Gasteiger partial charge in [-0.2, -0.15) is 13.2 Å². The molecule has 1 aromatic heterocycles. The van der Waals surface area contributed by atoms with Crippen LogP contribution in [0.25, 0.3) is 0 Å². The number of hydrogen-bond donors (Lipinski definition) is 0. The van der Waals surface area contributed by atoms with Crippen molar-refractivity contribution in [3.8, 4) is 0 Å². The van der Waals surface area contributed by atoms with E-state index < -0.39 is 34.6 Å². The molecule has 0 saturated carbocycles. The van der Waals surface area contributed by atoms with Crippen LogP contribution in [0.3, 0.4) is 0 Å². The fraction of sp³-hybridized carbons (Fsp3) is 0.333. The molecule has 1 aromatic rings. The third-order valence-corrected chi connectivity index (χ3v) is 2.03. The Morgan fingerprint density at radius 1 is 1.50 bits per heavy atom. The SMILES string of the molecule is CC(=O)Cn1cc(C(F)(F)F)cc(Cl)c1=O. The summed E-state index contributed by atoms with van der Waals surface area (Å²) in [6.07, 6.45) is -4.02. The Hall–Kier alpha value is -1.30. The summed E-state index contributed by atoms with van der Waals surface area (Å²) in [6.45, 7) is 0.739. The summed E-state index contributed by atoms with van der Waals surface area (Å²) >= 11 is 5.36. The number of halogens is 4. The van der Waals surface area contributed by atoms with Crippen molar-refractivity contribution < 1.29 is 18.0 Å². The summed E-state index contributed by atoms with van der Waals surface area (Å²) in [5, 5.41) is -0.559. The summed E-state index contributed by atoms with van der Waals surface area (Å²) in [5.41, 5.74) is -1.87. The summed E-state index contributed by atoms with van der Waals surface area (Å²) in [7, 11) is 0. The second-order valence-electron chi connectivity index (χ2n) is 3.21. The van der Waals surface area contributed by atoms with E-state index in [4.69, 9.17) is 11.6 Å². The molecule has 0 aliphatic rings. The first-order valence-corrected chi connectivity index (χ1v) is 4.56. The van der Waals surface area contributed by atoms with Gasteiger partial charge in [0.25, 0.3) is 5.56 Å². The van der Waals surface area contributed by atoms with Crippen LogP contribution in [-0.4, -0.2) is 10.4 Å². The van der Waals surface area contributed by atoms with Gasteiger partial charge in [-0.25, -0.2) is 0 Å². The smallest absolute Gasteiger partial charge is 0.306 e. The van der Waals surface area contributed by atoms with Crippen molar-refractivity contribution in [3.63, 3.8) is 0 Å². The van der Waals surface area contributed by atoms with E-state index in [1.165, 1.54) is 6.92 Å². The molecule has 88 valence electrons. The van der Waals surface area contributed by atoms with Gasteiger partial charge in [0.15, 0.2) is 0 Å². The third kappa shape index (κ3) is 2.85. The average Bonchev–Trinajstić information content (AvgIpc) is 2.10. The molecule has 0 aromatic carbocycles. The largest absolute Gasteiger partial charge is 0.417 e. The molecule has 0 radical (unpaired) electrons. The molecule has 1 heterocycles. The Morgan fingerprint density at radius 2 is 2.06 bits per heavy atom. The number of rotatable bonds is 2. The van der Waals surface area contributed by atoms with E-state index in [9.17, 15) is 22.8 Å². The van der Waals surface area contributed by atoms with Gasteiger partial charge in [-0.15, -0.1) is 0 Å². The summed E-state index contributed by atoms with van der Waals surface area (Å²) < 4.78 is 37.7. The lowest BCUT2D eigenvalue weighted by atomic mass is 10.2. The maximum atomic E-state index is 12.4. The quantitative estimate of drug-likeness (QED) is 0.810. The van der Waals surface area contributed by atoms with Gasteiger partial charge in [-0.1, -0.05) is 11.6 Å². The molecular formula is C9H7ClF3NO2. The Bertz CT molecular complexity index is 479. The number of aromatic nitrogens is 1. The van der Waals surface area contributed by atoms with Gasteiger partial charge in [-0.05, 0) is 13.0 Å². The van der Waals surface area contributed by atoms with Crippen molar-refractivity contribution in [2.75, 3.05) is 0 Å². The second-order valence-corrected chi connectivity index (χ2v) is 3.62. The number of alkyl halides is 3. The topological polar surface area (TPSA) is 39.1 Å². The molecule has 0 fully saturated rings. The van der Waals surface area contributed by atoms with Gasteiger partial charge >= 0.3 is 6.18 Å². The predicted octanol–water partition coefficient (Wildman–Crippen LogP) is 2.11. The van der Waals surface area contributed by atoms with Crippen molar-refractivity contribution in [1.29, 1.82) is 0 Å².